The quantitative estimate of drug-likeness (QED) is 0.302. The third-order valence-electron chi connectivity index (χ3n) is 3.69. The summed E-state index contributed by atoms with van der Waals surface area (Å²) in [6, 6.07) is 4.55. The van der Waals surface area contributed by atoms with Gasteiger partial charge in [0.05, 0.1) is 12.7 Å². The lowest BCUT2D eigenvalue weighted by molar-refractivity contribution is 0.0151. The van der Waals surface area contributed by atoms with Gasteiger partial charge >= 0.3 is 5.97 Å². The number of aliphatic hydroxyl groups is 2. The number of aromatic amines is 1. The number of carbonyl (C=O) groups is 1. The number of carbonyl (C=O) groups excluding carboxylic acids is 1. The molecule has 0 bridgehead atoms. The largest absolute Gasteiger partial charge is 0.462 e. The lowest BCUT2D eigenvalue weighted by Gasteiger charge is -2.17. The van der Waals surface area contributed by atoms with Crippen molar-refractivity contribution >= 4 is 16.9 Å². The van der Waals surface area contributed by atoms with Crippen molar-refractivity contribution < 1.29 is 19.7 Å². The van der Waals surface area contributed by atoms with E-state index in [2.05, 4.69) is 15.0 Å². The Morgan fingerprint density at radius 2 is 2.20 bits per heavy atom. The highest BCUT2D eigenvalue weighted by Gasteiger charge is 2.20. The molecule has 0 aliphatic heterocycles. The molecule has 0 aliphatic rings. The molecular formula is C16H18N4O5. The highest BCUT2D eigenvalue weighted by molar-refractivity contribution is 5.93. The molecule has 0 amide bonds. The highest BCUT2D eigenvalue weighted by atomic mass is 16.5. The number of rotatable bonds is 7. The molecule has 9 heteroatoms. The van der Waals surface area contributed by atoms with Crippen molar-refractivity contribution in [2.24, 2.45) is 5.11 Å². The minimum atomic E-state index is -1.26. The van der Waals surface area contributed by atoms with E-state index >= 15 is 0 Å². The zero-order chi connectivity index (χ0) is 18.4. The normalized spacial score (nSPS) is 13.1. The number of ether oxygens (including phenoxy) is 1. The molecule has 2 atom stereocenters. The third kappa shape index (κ3) is 4.16. The monoisotopic (exact) mass is 346 g/mol. The van der Waals surface area contributed by atoms with Crippen LogP contribution in [0.2, 0.25) is 0 Å². The SMILES string of the molecule is CCOC(=O)c1c[nH]c2ccc(C(O)C(O)CCN=[N+]=[N-])cc2c1=O. The van der Waals surface area contributed by atoms with Gasteiger partial charge in [-0.2, -0.15) is 0 Å². The van der Waals surface area contributed by atoms with Gasteiger partial charge in [-0.25, -0.2) is 4.79 Å². The fraction of sp³-hybridized carbons (Fsp3) is 0.375. The van der Waals surface area contributed by atoms with E-state index in [0.29, 0.717) is 11.1 Å². The number of esters is 1. The molecule has 0 radical (unpaired) electrons. The Kier molecular flexibility index (Phi) is 6.13. The van der Waals surface area contributed by atoms with Gasteiger partial charge in [0.2, 0.25) is 5.43 Å². The highest BCUT2D eigenvalue weighted by Crippen LogP contribution is 2.22. The average molecular weight is 346 g/mol. The number of nitrogens with one attached hydrogen (secondary N) is 1. The molecule has 2 aromatic rings. The smallest absolute Gasteiger partial charge is 0.343 e. The van der Waals surface area contributed by atoms with Crippen LogP contribution in [-0.4, -0.2) is 40.4 Å². The first-order chi connectivity index (χ1) is 12.0. The van der Waals surface area contributed by atoms with E-state index in [1.807, 2.05) is 0 Å². The molecule has 132 valence electrons. The number of fused-ring (bicyclic) bond motifs is 1. The van der Waals surface area contributed by atoms with Gasteiger partial charge in [0.1, 0.15) is 11.7 Å². The first-order valence-corrected chi connectivity index (χ1v) is 7.69. The second kappa shape index (κ2) is 8.29. The second-order valence-corrected chi connectivity index (χ2v) is 5.31. The lowest BCUT2D eigenvalue weighted by atomic mass is 9.99. The molecule has 0 saturated carbocycles. The van der Waals surface area contributed by atoms with Gasteiger partial charge in [-0.1, -0.05) is 11.2 Å². The van der Waals surface area contributed by atoms with Crippen molar-refractivity contribution in [3.05, 3.63) is 56.2 Å². The Morgan fingerprint density at radius 3 is 2.88 bits per heavy atom. The molecule has 1 aromatic heterocycles. The predicted molar refractivity (Wildman–Crippen MR) is 90.1 cm³/mol. The lowest BCUT2D eigenvalue weighted by Crippen LogP contribution is -2.21. The van der Waals surface area contributed by atoms with Gasteiger partial charge in [0.15, 0.2) is 0 Å². The van der Waals surface area contributed by atoms with Gasteiger partial charge in [0.25, 0.3) is 0 Å². The molecular weight excluding hydrogens is 328 g/mol. The van der Waals surface area contributed by atoms with E-state index < -0.39 is 23.6 Å². The second-order valence-electron chi connectivity index (χ2n) is 5.31. The molecule has 0 saturated heterocycles. The van der Waals surface area contributed by atoms with E-state index in [0.717, 1.165) is 0 Å². The topological polar surface area (TPSA) is 148 Å². The fourth-order valence-corrected chi connectivity index (χ4v) is 2.40. The molecule has 2 unspecified atom stereocenters. The number of aliphatic hydroxyl groups excluding tert-OH is 2. The average Bonchev–Trinajstić information content (AvgIpc) is 2.61. The van der Waals surface area contributed by atoms with Crippen LogP contribution in [-0.2, 0) is 4.74 Å². The van der Waals surface area contributed by atoms with Crippen LogP contribution in [0, 0.1) is 0 Å². The number of aromatic nitrogens is 1. The molecule has 3 N–H and O–H groups in total. The van der Waals surface area contributed by atoms with Gasteiger partial charge in [0, 0.05) is 28.6 Å². The minimum absolute atomic E-state index is 0.0376. The number of azide groups is 1. The molecule has 0 fully saturated rings. The molecule has 25 heavy (non-hydrogen) atoms. The molecule has 1 aromatic carbocycles. The number of benzene rings is 1. The van der Waals surface area contributed by atoms with E-state index in [9.17, 15) is 19.8 Å². The van der Waals surface area contributed by atoms with Gasteiger partial charge < -0.3 is 19.9 Å². The summed E-state index contributed by atoms with van der Waals surface area (Å²) in [6.07, 6.45) is -1.06. The van der Waals surface area contributed by atoms with Crippen molar-refractivity contribution in [3.63, 3.8) is 0 Å². The molecule has 0 aliphatic carbocycles. The third-order valence-corrected chi connectivity index (χ3v) is 3.69. The van der Waals surface area contributed by atoms with Crippen LogP contribution in [0.1, 0.15) is 35.4 Å². The van der Waals surface area contributed by atoms with Crippen LogP contribution in [0.15, 0.2) is 34.3 Å². The Balaban J connectivity index is 2.37. The number of hydrogen-bond acceptors (Lipinski definition) is 6. The summed E-state index contributed by atoms with van der Waals surface area (Å²) in [5.74, 6) is -0.731. The Hall–Kier alpha value is -2.87. The van der Waals surface area contributed by atoms with Gasteiger partial charge in [-0.3, -0.25) is 4.79 Å². The predicted octanol–water partition coefficient (Wildman–Crippen LogP) is 1.80. The van der Waals surface area contributed by atoms with Crippen LogP contribution in [0.5, 0.6) is 0 Å². The number of H-pyrrole nitrogens is 1. The maximum atomic E-state index is 12.5. The summed E-state index contributed by atoms with van der Waals surface area (Å²) in [4.78, 5) is 29.7. The van der Waals surface area contributed by atoms with Crippen LogP contribution < -0.4 is 5.43 Å². The summed E-state index contributed by atoms with van der Waals surface area (Å²) in [7, 11) is 0. The summed E-state index contributed by atoms with van der Waals surface area (Å²) < 4.78 is 4.84. The van der Waals surface area contributed by atoms with Crippen LogP contribution in [0.25, 0.3) is 21.3 Å². The van der Waals surface area contributed by atoms with E-state index in [-0.39, 0.29) is 30.5 Å². The standard InChI is InChI=1S/C16H18N4O5/c1-2-25-16(24)11-8-18-12-4-3-9(7-10(12)15(11)23)14(22)13(21)5-6-19-20-17/h3-4,7-8,13-14,21-22H,2,5-6H2,1H3,(H,18,23). The van der Waals surface area contributed by atoms with Crippen molar-refractivity contribution in [3.8, 4) is 0 Å². The molecule has 2 rings (SSSR count). The Bertz CT molecular complexity index is 872. The van der Waals surface area contributed by atoms with E-state index in [1.165, 1.54) is 12.3 Å². The van der Waals surface area contributed by atoms with E-state index in [4.69, 9.17) is 10.3 Å². The van der Waals surface area contributed by atoms with Crippen molar-refractivity contribution in [2.45, 2.75) is 25.6 Å². The molecule has 9 nitrogen and oxygen atoms in total. The number of nitrogens with zero attached hydrogens (tertiary/aromatic N) is 3. The summed E-state index contributed by atoms with van der Waals surface area (Å²) in [5.41, 5.74) is 8.37. The maximum Gasteiger partial charge on any atom is 0.343 e. The summed E-state index contributed by atoms with van der Waals surface area (Å²) in [5, 5.41) is 23.7. The van der Waals surface area contributed by atoms with E-state index in [1.54, 1.807) is 19.1 Å². The Morgan fingerprint density at radius 1 is 1.44 bits per heavy atom. The van der Waals surface area contributed by atoms with Crippen molar-refractivity contribution in [1.29, 1.82) is 0 Å². The number of pyridine rings is 1. The van der Waals surface area contributed by atoms with Gasteiger partial charge in [-0.15, -0.1) is 0 Å². The fourth-order valence-electron chi connectivity index (χ4n) is 2.40. The van der Waals surface area contributed by atoms with Crippen LogP contribution >= 0.6 is 0 Å². The van der Waals surface area contributed by atoms with Crippen LogP contribution in [0.3, 0.4) is 0 Å². The van der Waals surface area contributed by atoms with Crippen LogP contribution in [0.4, 0.5) is 0 Å². The maximum absolute atomic E-state index is 12.5. The van der Waals surface area contributed by atoms with Crippen molar-refractivity contribution in [1.82, 2.24) is 4.98 Å². The zero-order valence-corrected chi connectivity index (χ0v) is 13.5. The summed E-state index contributed by atoms with van der Waals surface area (Å²) >= 11 is 0. The van der Waals surface area contributed by atoms with Gasteiger partial charge in [-0.05, 0) is 36.6 Å². The van der Waals surface area contributed by atoms with Crippen molar-refractivity contribution in [2.75, 3.05) is 13.2 Å². The first-order valence-electron chi connectivity index (χ1n) is 7.69. The zero-order valence-electron chi connectivity index (χ0n) is 13.5. The minimum Gasteiger partial charge on any atom is -0.462 e. The number of hydrogen-bond donors (Lipinski definition) is 3. The summed E-state index contributed by atoms with van der Waals surface area (Å²) in [6.45, 7) is 1.82. The molecule has 1 heterocycles. The Labute approximate surface area is 142 Å². The first kappa shape index (κ1) is 18.5. The molecule has 0 spiro atoms.